The third-order valence-electron chi connectivity index (χ3n) is 5.00. The maximum atomic E-state index is 13.1. The quantitative estimate of drug-likeness (QED) is 0.507. The largest absolute Gasteiger partial charge is 0.478 e. The SMILES string of the molecule is C[C@H](Cc1ccc(S(=O)(=O)c2cccc(-c3cccc(C(=O)O)c3)c2)cc1)NC(=O)C(F)(F)F. The van der Waals surface area contributed by atoms with Gasteiger partial charge in [0.15, 0.2) is 0 Å². The van der Waals surface area contributed by atoms with E-state index < -0.39 is 33.9 Å². The zero-order valence-electron chi connectivity index (χ0n) is 17.8. The van der Waals surface area contributed by atoms with E-state index in [4.69, 9.17) is 0 Å². The number of hydrogen-bond donors (Lipinski definition) is 2. The molecule has 34 heavy (non-hydrogen) atoms. The number of carboxylic acid groups (broad SMARTS) is 1. The van der Waals surface area contributed by atoms with Gasteiger partial charge in [-0.25, -0.2) is 13.2 Å². The van der Waals surface area contributed by atoms with E-state index >= 15 is 0 Å². The molecule has 2 N–H and O–H groups in total. The Morgan fingerprint density at radius 3 is 2.09 bits per heavy atom. The molecule has 3 aromatic carbocycles. The topological polar surface area (TPSA) is 101 Å². The summed E-state index contributed by atoms with van der Waals surface area (Å²) in [5.41, 5.74) is 1.69. The van der Waals surface area contributed by atoms with Crippen LogP contribution in [0.5, 0.6) is 0 Å². The number of benzene rings is 3. The molecule has 0 fully saturated rings. The summed E-state index contributed by atoms with van der Waals surface area (Å²) >= 11 is 0. The van der Waals surface area contributed by atoms with Crippen molar-refractivity contribution in [3.8, 4) is 11.1 Å². The van der Waals surface area contributed by atoms with Crippen molar-refractivity contribution in [2.75, 3.05) is 0 Å². The monoisotopic (exact) mass is 491 g/mol. The molecule has 0 saturated heterocycles. The highest BCUT2D eigenvalue weighted by atomic mass is 32.2. The molecular weight excluding hydrogens is 471 g/mol. The molecule has 6 nitrogen and oxygen atoms in total. The van der Waals surface area contributed by atoms with E-state index in [-0.39, 0.29) is 21.8 Å². The smallest absolute Gasteiger partial charge is 0.471 e. The summed E-state index contributed by atoms with van der Waals surface area (Å²) in [6, 6.07) is 17.0. The second-order valence-corrected chi connectivity index (χ2v) is 9.59. The van der Waals surface area contributed by atoms with Crippen LogP contribution in [-0.4, -0.2) is 37.6 Å². The van der Waals surface area contributed by atoms with Crippen LogP contribution in [0.15, 0.2) is 82.6 Å². The number of nitrogens with one attached hydrogen (secondary N) is 1. The van der Waals surface area contributed by atoms with Crippen molar-refractivity contribution in [2.45, 2.75) is 35.4 Å². The third-order valence-corrected chi connectivity index (χ3v) is 6.76. The molecule has 0 spiro atoms. The minimum absolute atomic E-state index is 0.00397. The third kappa shape index (κ3) is 5.82. The second kappa shape index (κ2) is 9.68. The highest BCUT2D eigenvalue weighted by Gasteiger charge is 2.39. The lowest BCUT2D eigenvalue weighted by Crippen LogP contribution is -2.42. The van der Waals surface area contributed by atoms with Gasteiger partial charge in [-0.1, -0.05) is 36.4 Å². The average molecular weight is 491 g/mol. The molecule has 0 saturated carbocycles. The molecule has 0 unspecified atom stereocenters. The summed E-state index contributed by atoms with van der Waals surface area (Å²) in [5, 5.41) is 11.0. The van der Waals surface area contributed by atoms with E-state index in [9.17, 15) is 36.3 Å². The van der Waals surface area contributed by atoms with Crippen LogP contribution in [0.1, 0.15) is 22.8 Å². The fraction of sp³-hybridized carbons (Fsp3) is 0.167. The number of carbonyl (C=O) groups excluding carboxylic acids is 1. The number of halogens is 3. The summed E-state index contributed by atoms with van der Waals surface area (Å²) in [6.45, 7) is 1.42. The number of alkyl halides is 3. The van der Waals surface area contributed by atoms with Gasteiger partial charge in [-0.2, -0.15) is 13.2 Å². The number of rotatable bonds is 7. The molecule has 1 amide bonds. The maximum Gasteiger partial charge on any atom is 0.471 e. The lowest BCUT2D eigenvalue weighted by Gasteiger charge is -2.15. The van der Waals surface area contributed by atoms with Crippen molar-refractivity contribution in [1.82, 2.24) is 5.32 Å². The Kier molecular flexibility index (Phi) is 7.11. The predicted molar refractivity (Wildman–Crippen MR) is 118 cm³/mol. The number of aromatic carboxylic acids is 1. The van der Waals surface area contributed by atoms with Gasteiger partial charge in [0.2, 0.25) is 9.84 Å². The Labute approximate surface area is 194 Å². The van der Waals surface area contributed by atoms with Crippen molar-refractivity contribution in [1.29, 1.82) is 0 Å². The molecule has 0 aromatic heterocycles. The average Bonchev–Trinajstić information content (AvgIpc) is 2.79. The molecule has 0 aliphatic rings. The van der Waals surface area contributed by atoms with Gasteiger partial charge < -0.3 is 10.4 Å². The van der Waals surface area contributed by atoms with Crippen molar-refractivity contribution in [3.63, 3.8) is 0 Å². The molecule has 178 valence electrons. The molecule has 0 radical (unpaired) electrons. The molecule has 0 heterocycles. The Bertz CT molecular complexity index is 1320. The minimum atomic E-state index is -4.98. The maximum absolute atomic E-state index is 13.1. The Morgan fingerprint density at radius 1 is 0.912 bits per heavy atom. The second-order valence-electron chi connectivity index (χ2n) is 7.64. The fourth-order valence-electron chi connectivity index (χ4n) is 3.33. The van der Waals surface area contributed by atoms with E-state index in [0.29, 0.717) is 16.7 Å². The van der Waals surface area contributed by atoms with E-state index in [1.165, 1.54) is 55.5 Å². The highest BCUT2D eigenvalue weighted by molar-refractivity contribution is 7.91. The van der Waals surface area contributed by atoms with Gasteiger partial charge in [0, 0.05) is 6.04 Å². The standard InChI is InChI=1S/C24H20F3NO5S/c1-15(28-23(31)24(25,26)27)12-16-8-10-20(11-9-16)34(32,33)21-7-3-5-18(14-21)17-4-2-6-19(13-17)22(29)30/h2-11,13-15H,12H2,1H3,(H,28,31)(H,29,30)/t15-/m1/s1. The van der Waals surface area contributed by atoms with Gasteiger partial charge in [-0.3, -0.25) is 4.79 Å². The van der Waals surface area contributed by atoms with Gasteiger partial charge in [-0.15, -0.1) is 0 Å². The first-order chi connectivity index (χ1) is 15.9. The van der Waals surface area contributed by atoms with Crippen LogP contribution in [0, 0.1) is 0 Å². The Morgan fingerprint density at radius 2 is 1.50 bits per heavy atom. The van der Waals surface area contributed by atoms with Crippen LogP contribution in [0.2, 0.25) is 0 Å². The van der Waals surface area contributed by atoms with Crippen LogP contribution in [0.3, 0.4) is 0 Å². The highest BCUT2D eigenvalue weighted by Crippen LogP contribution is 2.27. The van der Waals surface area contributed by atoms with E-state index in [2.05, 4.69) is 0 Å². The van der Waals surface area contributed by atoms with Crippen LogP contribution < -0.4 is 5.32 Å². The van der Waals surface area contributed by atoms with Crippen molar-refractivity contribution < 1.29 is 36.3 Å². The number of carboxylic acids is 1. The van der Waals surface area contributed by atoms with E-state index in [1.54, 1.807) is 24.3 Å². The number of carbonyl (C=O) groups is 2. The molecule has 3 aromatic rings. The first-order valence-electron chi connectivity index (χ1n) is 10.0. The van der Waals surface area contributed by atoms with Gasteiger partial charge in [-0.05, 0) is 66.4 Å². The predicted octanol–water partition coefficient (Wildman–Crippen LogP) is 4.49. The molecule has 0 aliphatic heterocycles. The molecule has 0 aliphatic carbocycles. The Balaban J connectivity index is 1.80. The lowest BCUT2D eigenvalue weighted by molar-refractivity contribution is -0.174. The van der Waals surface area contributed by atoms with Crippen molar-refractivity contribution in [3.05, 3.63) is 83.9 Å². The zero-order valence-corrected chi connectivity index (χ0v) is 18.7. The van der Waals surface area contributed by atoms with E-state index in [1.807, 2.05) is 5.32 Å². The summed E-state index contributed by atoms with van der Waals surface area (Å²) in [4.78, 5) is 22.3. The summed E-state index contributed by atoms with van der Waals surface area (Å²) in [5.74, 6) is -3.13. The van der Waals surface area contributed by atoms with Crippen molar-refractivity contribution in [2.24, 2.45) is 0 Å². The van der Waals surface area contributed by atoms with Crippen molar-refractivity contribution >= 4 is 21.7 Å². The van der Waals surface area contributed by atoms with Gasteiger partial charge >= 0.3 is 18.1 Å². The first-order valence-corrected chi connectivity index (χ1v) is 11.5. The first kappa shape index (κ1) is 25.0. The van der Waals surface area contributed by atoms with Gasteiger partial charge in [0.25, 0.3) is 0 Å². The number of hydrogen-bond acceptors (Lipinski definition) is 4. The van der Waals surface area contributed by atoms with Crippen LogP contribution in [0.4, 0.5) is 13.2 Å². The van der Waals surface area contributed by atoms with Crippen LogP contribution in [-0.2, 0) is 21.1 Å². The zero-order chi connectivity index (χ0) is 25.1. The molecule has 3 rings (SSSR count). The summed E-state index contributed by atoms with van der Waals surface area (Å²) in [6.07, 6.45) is -4.90. The summed E-state index contributed by atoms with van der Waals surface area (Å²) < 4.78 is 63.4. The molecular formula is C24H20F3NO5S. The minimum Gasteiger partial charge on any atom is -0.478 e. The molecule has 0 bridgehead atoms. The number of amides is 1. The normalized spacial score (nSPS) is 12.7. The van der Waals surface area contributed by atoms with E-state index in [0.717, 1.165) is 0 Å². The lowest BCUT2D eigenvalue weighted by atomic mass is 10.0. The van der Waals surface area contributed by atoms with Crippen LogP contribution in [0.25, 0.3) is 11.1 Å². The number of sulfone groups is 1. The Hall–Kier alpha value is -3.66. The van der Waals surface area contributed by atoms with Gasteiger partial charge in [0.05, 0.1) is 15.4 Å². The summed E-state index contributed by atoms with van der Waals surface area (Å²) in [7, 11) is -3.91. The van der Waals surface area contributed by atoms with Crippen LogP contribution >= 0.6 is 0 Å². The van der Waals surface area contributed by atoms with Gasteiger partial charge in [0.1, 0.15) is 0 Å². The molecule has 10 heteroatoms. The molecule has 1 atom stereocenters. The fourth-order valence-corrected chi connectivity index (χ4v) is 4.63.